The summed E-state index contributed by atoms with van der Waals surface area (Å²) in [5.41, 5.74) is 6.80. The van der Waals surface area contributed by atoms with Crippen molar-refractivity contribution < 1.29 is 14.3 Å². The Morgan fingerprint density at radius 1 is 1.14 bits per heavy atom. The van der Waals surface area contributed by atoms with E-state index in [9.17, 15) is 9.59 Å². The maximum atomic E-state index is 12.4. The molecule has 2 aromatic rings. The fraction of sp³-hybridized carbons (Fsp3) is 0.250. The summed E-state index contributed by atoms with van der Waals surface area (Å²) in [6.07, 6.45) is 0.152. The van der Waals surface area contributed by atoms with E-state index in [0.29, 0.717) is 13.2 Å². The molecule has 1 fully saturated rings. The Morgan fingerprint density at radius 3 is 2.54 bits per heavy atom. The van der Waals surface area contributed by atoms with Crippen molar-refractivity contribution in [2.75, 3.05) is 23.4 Å². The summed E-state index contributed by atoms with van der Waals surface area (Å²) in [4.78, 5) is 26.4. The van der Waals surface area contributed by atoms with E-state index in [1.165, 1.54) is 0 Å². The van der Waals surface area contributed by atoms with Gasteiger partial charge < -0.3 is 15.0 Å². The molecular weight excluding hydrogens is 376 g/mol. The molecule has 1 atom stereocenters. The van der Waals surface area contributed by atoms with Crippen LogP contribution in [0.2, 0.25) is 0 Å². The van der Waals surface area contributed by atoms with Crippen molar-refractivity contribution in [3.63, 3.8) is 0 Å². The predicted octanol–water partition coefficient (Wildman–Crippen LogP) is 2.46. The monoisotopic (exact) mass is 398 g/mol. The van der Waals surface area contributed by atoms with E-state index >= 15 is 0 Å². The zero-order chi connectivity index (χ0) is 19.9. The van der Waals surface area contributed by atoms with Crippen LogP contribution in [0.3, 0.4) is 0 Å². The highest BCUT2D eigenvalue weighted by atomic mass is 32.1. The summed E-state index contributed by atoms with van der Waals surface area (Å²) in [5, 5.41) is 3.23. The molecule has 0 aromatic heterocycles. The molecule has 1 unspecified atom stereocenters. The first-order valence-corrected chi connectivity index (χ1v) is 9.42. The molecule has 2 aromatic carbocycles. The van der Waals surface area contributed by atoms with Crippen molar-refractivity contribution in [2.24, 2.45) is 5.92 Å². The number of amides is 2. The van der Waals surface area contributed by atoms with Crippen molar-refractivity contribution in [3.8, 4) is 5.75 Å². The second-order valence-corrected chi connectivity index (χ2v) is 6.67. The topological polar surface area (TPSA) is 82.7 Å². The fourth-order valence-electron chi connectivity index (χ4n) is 2.93. The maximum absolute atomic E-state index is 12.4. The number of carbonyl (C=O) groups excluding carboxylic acids is 2. The Balaban J connectivity index is 1.51. The zero-order valence-corrected chi connectivity index (χ0v) is 16.3. The SMILES string of the molecule is CCOc1ccc(N2CC(C(=O)NNC(=S)Nc3ccccc3)CC2=O)cc1. The Kier molecular flexibility index (Phi) is 6.44. The van der Waals surface area contributed by atoms with Gasteiger partial charge in [-0.3, -0.25) is 20.4 Å². The molecule has 3 rings (SSSR count). The Labute approximate surface area is 169 Å². The van der Waals surface area contributed by atoms with Crippen molar-refractivity contribution in [1.29, 1.82) is 0 Å². The van der Waals surface area contributed by atoms with Crippen molar-refractivity contribution >= 4 is 40.5 Å². The quantitative estimate of drug-likeness (QED) is 0.530. The minimum absolute atomic E-state index is 0.0886. The maximum Gasteiger partial charge on any atom is 0.243 e. The fourth-order valence-corrected chi connectivity index (χ4v) is 3.09. The number of benzene rings is 2. The van der Waals surface area contributed by atoms with Crippen molar-refractivity contribution in [3.05, 3.63) is 54.6 Å². The third-order valence-electron chi connectivity index (χ3n) is 4.29. The highest BCUT2D eigenvalue weighted by molar-refractivity contribution is 7.80. The minimum Gasteiger partial charge on any atom is -0.494 e. The largest absolute Gasteiger partial charge is 0.494 e. The van der Waals surface area contributed by atoms with Gasteiger partial charge in [-0.2, -0.15) is 0 Å². The molecule has 0 aliphatic carbocycles. The molecule has 0 radical (unpaired) electrons. The number of hydrogen-bond acceptors (Lipinski definition) is 4. The van der Waals surface area contributed by atoms with Gasteiger partial charge in [0.05, 0.1) is 12.5 Å². The first kappa shape index (κ1) is 19.6. The molecule has 3 N–H and O–H groups in total. The zero-order valence-electron chi connectivity index (χ0n) is 15.5. The van der Waals surface area contributed by atoms with E-state index in [0.717, 1.165) is 17.1 Å². The second-order valence-electron chi connectivity index (χ2n) is 6.27. The molecule has 2 amide bonds. The van der Waals surface area contributed by atoms with Crippen LogP contribution in [0.5, 0.6) is 5.75 Å². The Bertz CT molecular complexity index is 842. The van der Waals surface area contributed by atoms with Gasteiger partial charge in [-0.15, -0.1) is 0 Å². The van der Waals surface area contributed by atoms with Crippen LogP contribution < -0.4 is 25.8 Å². The van der Waals surface area contributed by atoms with Gasteiger partial charge in [0.25, 0.3) is 0 Å². The minimum atomic E-state index is -0.453. The number of carbonyl (C=O) groups is 2. The molecule has 1 aliphatic heterocycles. The smallest absolute Gasteiger partial charge is 0.243 e. The molecule has 0 saturated carbocycles. The summed E-state index contributed by atoms with van der Waals surface area (Å²) in [6, 6.07) is 16.6. The number of hydrogen-bond donors (Lipinski definition) is 3. The number of ether oxygens (including phenoxy) is 1. The number of anilines is 2. The molecule has 146 valence electrons. The molecule has 1 aliphatic rings. The Morgan fingerprint density at radius 2 is 1.86 bits per heavy atom. The van der Waals surface area contributed by atoms with Crippen LogP contribution in [-0.2, 0) is 9.59 Å². The van der Waals surface area contributed by atoms with Crippen LogP contribution in [0.25, 0.3) is 0 Å². The van der Waals surface area contributed by atoms with Crippen LogP contribution in [-0.4, -0.2) is 30.1 Å². The number of hydrazine groups is 1. The predicted molar refractivity (Wildman–Crippen MR) is 112 cm³/mol. The van der Waals surface area contributed by atoms with E-state index in [1.807, 2.05) is 61.5 Å². The highest BCUT2D eigenvalue weighted by Gasteiger charge is 2.35. The summed E-state index contributed by atoms with van der Waals surface area (Å²) >= 11 is 5.16. The summed E-state index contributed by atoms with van der Waals surface area (Å²) in [5.74, 6) is -0.0739. The van der Waals surface area contributed by atoms with Crippen molar-refractivity contribution in [1.82, 2.24) is 10.9 Å². The van der Waals surface area contributed by atoms with Gasteiger partial charge in [0.1, 0.15) is 5.75 Å². The van der Waals surface area contributed by atoms with Gasteiger partial charge in [0, 0.05) is 24.3 Å². The second kappa shape index (κ2) is 9.18. The summed E-state index contributed by atoms with van der Waals surface area (Å²) < 4.78 is 5.41. The number of rotatable bonds is 5. The van der Waals surface area contributed by atoms with Gasteiger partial charge in [-0.05, 0) is 55.5 Å². The summed E-state index contributed by atoms with van der Waals surface area (Å²) in [6.45, 7) is 2.81. The molecule has 28 heavy (non-hydrogen) atoms. The van der Waals surface area contributed by atoms with Crippen LogP contribution in [0.1, 0.15) is 13.3 Å². The lowest BCUT2D eigenvalue weighted by Gasteiger charge is -2.17. The van der Waals surface area contributed by atoms with E-state index < -0.39 is 5.92 Å². The first-order valence-electron chi connectivity index (χ1n) is 9.02. The average molecular weight is 398 g/mol. The van der Waals surface area contributed by atoms with Gasteiger partial charge in [0.2, 0.25) is 11.8 Å². The van der Waals surface area contributed by atoms with Gasteiger partial charge in [-0.25, -0.2) is 0 Å². The molecular formula is C20H22N4O3S. The molecule has 7 nitrogen and oxygen atoms in total. The highest BCUT2D eigenvalue weighted by Crippen LogP contribution is 2.26. The lowest BCUT2D eigenvalue weighted by molar-refractivity contribution is -0.126. The van der Waals surface area contributed by atoms with E-state index in [2.05, 4.69) is 16.2 Å². The normalized spacial score (nSPS) is 15.8. The molecule has 8 heteroatoms. The first-order chi connectivity index (χ1) is 13.6. The number of para-hydroxylation sites is 1. The van der Waals surface area contributed by atoms with Gasteiger partial charge in [0.15, 0.2) is 5.11 Å². The lowest BCUT2D eigenvalue weighted by Crippen LogP contribution is -2.46. The average Bonchev–Trinajstić information content (AvgIpc) is 3.09. The molecule has 0 bridgehead atoms. The molecule has 1 heterocycles. The Hall–Kier alpha value is -3.13. The van der Waals surface area contributed by atoms with Crippen molar-refractivity contribution in [2.45, 2.75) is 13.3 Å². The van der Waals surface area contributed by atoms with E-state index in [-0.39, 0.29) is 23.3 Å². The van der Waals surface area contributed by atoms with E-state index in [4.69, 9.17) is 17.0 Å². The molecule has 1 saturated heterocycles. The molecule has 0 spiro atoms. The third kappa shape index (κ3) is 4.98. The van der Waals surface area contributed by atoms with Gasteiger partial charge in [-0.1, -0.05) is 18.2 Å². The summed E-state index contributed by atoms with van der Waals surface area (Å²) in [7, 11) is 0. The number of thiocarbonyl (C=S) groups is 1. The van der Waals surface area contributed by atoms with Crippen LogP contribution in [0, 0.1) is 5.92 Å². The number of nitrogens with zero attached hydrogens (tertiary/aromatic N) is 1. The van der Waals surface area contributed by atoms with Crippen LogP contribution in [0.15, 0.2) is 54.6 Å². The van der Waals surface area contributed by atoms with E-state index in [1.54, 1.807) is 4.90 Å². The number of nitrogens with one attached hydrogen (secondary N) is 3. The standard InChI is InChI=1S/C20H22N4O3S/c1-2-27-17-10-8-16(9-11-17)24-13-14(12-18(24)25)19(26)22-23-20(28)21-15-6-4-3-5-7-15/h3-11,14H,2,12-13H2,1H3,(H,22,26)(H2,21,23,28). The lowest BCUT2D eigenvalue weighted by atomic mass is 10.1. The van der Waals surface area contributed by atoms with Gasteiger partial charge >= 0.3 is 0 Å². The van der Waals surface area contributed by atoms with Crippen LogP contribution in [0.4, 0.5) is 11.4 Å². The van der Waals surface area contributed by atoms with Crippen LogP contribution >= 0.6 is 12.2 Å². The third-order valence-corrected chi connectivity index (χ3v) is 4.49.